The third-order valence-electron chi connectivity index (χ3n) is 2.71. The maximum atomic E-state index is 5.64. The van der Waals surface area contributed by atoms with Crippen LogP contribution in [0.4, 0.5) is 0 Å². The van der Waals surface area contributed by atoms with Gasteiger partial charge >= 0.3 is 0 Å². The van der Waals surface area contributed by atoms with Crippen LogP contribution in [0.1, 0.15) is 40.0 Å². The predicted octanol–water partition coefficient (Wildman–Crippen LogP) is 3.47. The van der Waals surface area contributed by atoms with Crippen molar-refractivity contribution in [1.29, 1.82) is 0 Å². The Morgan fingerprint density at radius 2 is 2.15 bits per heavy atom. The molecule has 0 saturated heterocycles. The van der Waals surface area contributed by atoms with Crippen molar-refractivity contribution in [3.63, 3.8) is 0 Å². The van der Waals surface area contributed by atoms with Crippen LogP contribution in [0, 0.1) is 0 Å². The van der Waals surface area contributed by atoms with Gasteiger partial charge in [-0.3, -0.25) is 0 Å². The van der Waals surface area contributed by atoms with Crippen molar-refractivity contribution in [2.45, 2.75) is 46.1 Å². The fourth-order valence-corrected chi connectivity index (χ4v) is 1.77. The van der Waals surface area contributed by atoms with Gasteiger partial charge in [-0.15, -0.1) is 0 Å². The lowest BCUT2D eigenvalue weighted by Gasteiger charge is -2.27. The van der Waals surface area contributed by atoms with E-state index in [0.29, 0.717) is 0 Å². The molecule has 0 bridgehead atoms. The first kappa shape index (κ1) is 10.5. The fourth-order valence-electron chi connectivity index (χ4n) is 1.77. The molecule has 0 amide bonds. The first-order chi connectivity index (χ1) is 6.15. The van der Waals surface area contributed by atoms with Gasteiger partial charge < -0.3 is 4.74 Å². The predicted molar refractivity (Wildman–Crippen MR) is 56.8 cm³/mol. The van der Waals surface area contributed by atoms with Crippen molar-refractivity contribution in [3.8, 4) is 0 Å². The molecule has 0 aliphatic heterocycles. The van der Waals surface area contributed by atoms with Crippen LogP contribution in [0.15, 0.2) is 23.3 Å². The van der Waals surface area contributed by atoms with Crippen molar-refractivity contribution in [3.05, 3.63) is 23.3 Å². The van der Waals surface area contributed by atoms with Gasteiger partial charge in [-0.05, 0) is 45.6 Å². The van der Waals surface area contributed by atoms with Crippen LogP contribution < -0.4 is 0 Å². The molecule has 1 rings (SSSR count). The molecular formula is C12H20O. The molecular weight excluding hydrogens is 160 g/mol. The summed E-state index contributed by atoms with van der Waals surface area (Å²) < 4.78 is 5.64. The lowest BCUT2D eigenvalue weighted by molar-refractivity contribution is 0.0809. The minimum atomic E-state index is 0.281. The molecule has 74 valence electrons. The molecule has 1 aliphatic rings. The monoisotopic (exact) mass is 180 g/mol. The molecule has 0 heterocycles. The number of allylic oxidation sites excluding steroid dienone is 1. The van der Waals surface area contributed by atoms with Gasteiger partial charge in [0, 0.05) is 6.61 Å². The lowest BCUT2D eigenvalue weighted by atomic mass is 9.87. The summed E-state index contributed by atoms with van der Waals surface area (Å²) in [7, 11) is 0. The van der Waals surface area contributed by atoms with Gasteiger partial charge in [0.1, 0.15) is 0 Å². The smallest absolute Gasteiger partial charge is 0.0819 e. The minimum Gasteiger partial charge on any atom is -0.374 e. The van der Waals surface area contributed by atoms with Gasteiger partial charge in [0.15, 0.2) is 0 Å². The van der Waals surface area contributed by atoms with Gasteiger partial charge in [-0.25, -0.2) is 0 Å². The highest BCUT2D eigenvalue weighted by Crippen LogP contribution is 2.30. The molecule has 1 aliphatic carbocycles. The standard InChI is InChI=1S/C12H20O/c1-5-13-12-8-11(9(2)3)7-6-10(12)4/h12H,4-8H2,1-3H3. The van der Waals surface area contributed by atoms with Crippen LogP contribution in [0.3, 0.4) is 0 Å². The van der Waals surface area contributed by atoms with E-state index in [4.69, 9.17) is 4.74 Å². The molecule has 1 nitrogen and oxygen atoms in total. The van der Waals surface area contributed by atoms with Crippen molar-refractivity contribution < 1.29 is 4.74 Å². The molecule has 0 aromatic heterocycles. The third-order valence-corrected chi connectivity index (χ3v) is 2.71. The molecule has 0 N–H and O–H groups in total. The highest BCUT2D eigenvalue weighted by atomic mass is 16.5. The van der Waals surface area contributed by atoms with Crippen LogP contribution in [0.2, 0.25) is 0 Å². The lowest BCUT2D eigenvalue weighted by Crippen LogP contribution is -2.21. The zero-order valence-corrected chi connectivity index (χ0v) is 9.02. The number of ether oxygens (including phenoxy) is 1. The molecule has 1 heteroatoms. The Hall–Kier alpha value is -0.560. The molecule has 0 aromatic rings. The summed E-state index contributed by atoms with van der Waals surface area (Å²) in [5.41, 5.74) is 4.29. The van der Waals surface area contributed by atoms with E-state index >= 15 is 0 Å². The van der Waals surface area contributed by atoms with E-state index in [1.807, 2.05) is 6.92 Å². The summed E-state index contributed by atoms with van der Waals surface area (Å²) >= 11 is 0. The van der Waals surface area contributed by atoms with Crippen molar-refractivity contribution in [1.82, 2.24) is 0 Å². The molecule has 1 saturated carbocycles. The van der Waals surface area contributed by atoms with Gasteiger partial charge in [-0.2, -0.15) is 0 Å². The third kappa shape index (κ3) is 2.70. The Labute approximate surface area is 81.5 Å². The van der Waals surface area contributed by atoms with E-state index in [2.05, 4.69) is 20.4 Å². The zero-order chi connectivity index (χ0) is 9.84. The van der Waals surface area contributed by atoms with E-state index < -0.39 is 0 Å². The normalized spacial score (nSPS) is 23.5. The van der Waals surface area contributed by atoms with E-state index in [1.54, 1.807) is 5.57 Å². The van der Waals surface area contributed by atoms with E-state index in [1.165, 1.54) is 17.6 Å². The average molecular weight is 180 g/mol. The Balaban J connectivity index is 2.63. The highest BCUT2D eigenvalue weighted by Gasteiger charge is 2.20. The quantitative estimate of drug-likeness (QED) is 0.591. The molecule has 1 atom stereocenters. The first-order valence-corrected chi connectivity index (χ1v) is 5.09. The van der Waals surface area contributed by atoms with Crippen LogP contribution in [0.5, 0.6) is 0 Å². The second kappa shape index (κ2) is 4.61. The van der Waals surface area contributed by atoms with Gasteiger partial charge in [-0.1, -0.05) is 17.7 Å². The number of hydrogen-bond donors (Lipinski definition) is 0. The largest absolute Gasteiger partial charge is 0.374 e. The second-order valence-corrected chi connectivity index (χ2v) is 3.91. The van der Waals surface area contributed by atoms with Crippen molar-refractivity contribution in [2.24, 2.45) is 0 Å². The van der Waals surface area contributed by atoms with Crippen molar-refractivity contribution in [2.75, 3.05) is 6.61 Å². The van der Waals surface area contributed by atoms with Crippen molar-refractivity contribution >= 4 is 0 Å². The Kier molecular flexibility index (Phi) is 3.73. The summed E-state index contributed by atoms with van der Waals surface area (Å²) in [6.45, 7) is 11.3. The topological polar surface area (TPSA) is 9.23 Å². The summed E-state index contributed by atoms with van der Waals surface area (Å²) in [4.78, 5) is 0. The number of rotatable bonds is 2. The van der Waals surface area contributed by atoms with Crippen LogP contribution in [-0.2, 0) is 4.74 Å². The molecule has 13 heavy (non-hydrogen) atoms. The molecule has 0 radical (unpaired) electrons. The summed E-state index contributed by atoms with van der Waals surface area (Å²) in [5.74, 6) is 0. The Bertz CT molecular complexity index is 221. The summed E-state index contributed by atoms with van der Waals surface area (Å²) in [6, 6.07) is 0. The summed E-state index contributed by atoms with van der Waals surface area (Å²) in [5, 5.41) is 0. The minimum absolute atomic E-state index is 0.281. The average Bonchev–Trinajstić information content (AvgIpc) is 2.08. The molecule has 1 unspecified atom stereocenters. The van der Waals surface area contributed by atoms with E-state index in [0.717, 1.165) is 19.4 Å². The van der Waals surface area contributed by atoms with Gasteiger partial charge in [0.05, 0.1) is 6.10 Å². The fraction of sp³-hybridized carbons (Fsp3) is 0.667. The molecule has 0 aromatic carbocycles. The maximum Gasteiger partial charge on any atom is 0.0819 e. The summed E-state index contributed by atoms with van der Waals surface area (Å²) in [6.07, 6.45) is 3.63. The van der Waals surface area contributed by atoms with Crippen LogP contribution >= 0.6 is 0 Å². The number of hydrogen-bond acceptors (Lipinski definition) is 1. The van der Waals surface area contributed by atoms with Gasteiger partial charge in [0.25, 0.3) is 0 Å². The van der Waals surface area contributed by atoms with Crippen LogP contribution in [-0.4, -0.2) is 12.7 Å². The van der Waals surface area contributed by atoms with E-state index in [-0.39, 0.29) is 6.10 Å². The maximum absolute atomic E-state index is 5.64. The molecule has 1 fully saturated rings. The Morgan fingerprint density at radius 1 is 1.46 bits per heavy atom. The van der Waals surface area contributed by atoms with E-state index in [9.17, 15) is 0 Å². The Morgan fingerprint density at radius 3 is 2.69 bits per heavy atom. The SMILES string of the molecule is C=C1CCC(=C(C)C)CC1OCC. The van der Waals surface area contributed by atoms with Gasteiger partial charge in [0.2, 0.25) is 0 Å². The zero-order valence-electron chi connectivity index (χ0n) is 9.02. The highest BCUT2D eigenvalue weighted by molar-refractivity contribution is 5.22. The first-order valence-electron chi connectivity index (χ1n) is 5.09. The second-order valence-electron chi connectivity index (χ2n) is 3.91. The van der Waals surface area contributed by atoms with Crippen LogP contribution in [0.25, 0.3) is 0 Å². The molecule has 0 spiro atoms.